The predicted molar refractivity (Wildman–Crippen MR) is 123 cm³/mol. The Balaban J connectivity index is 1.52. The van der Waals surface area contributed by atoms with E-state index in [0.29, 0.717) is 18.0 Å². The number of likely N-dealkylation sites (tertiary alicyclic amines) is 1. The van der Waals surface area contributed by atoms with Crippen molar-refractivity contribution in [2.24, 2.45) is 16.6 Å². The van der Waals surface area contributed by atoms with Gasteiger partial charge in [-0.05, 0) is 43.9 Å². The van der Waals surface area contributed by atoms with E-state index in [4.69, 9.17) is 5.73 Å². The van der Waals surface area contributed by atoms with E-state index in [1.54, 1.807) is 12.1 Å². The minimum absolute atomic E-state index is 0.187. The quantitative estimate of drug-likeness (QED) is 0.349. The van der Waals surface area contributed by atoms with Gasteiger partial charge in [-0.3, -0.25) is 14.4 Å². The van der Waals surface area contributed by atoms with Crippen molar-refractivity contribution < 1.29 is 14.4 Å². The smallest absolute Gasteiger partial charge is 0.251 e. The third-order valence-electron chi connectivity index (χ3n) is 5.95. The van der Waals surface area contributed by atoms with E-state index in [-0.39, 0.29) is 24.4 Å². The van der Waals surface area contributed by atoms with Gasteiger partial charge in [-0.25, -0.2) is 4.99 Å². The van der Waals surface area contributed by atoms with Gasteiger partial charge in [0.05, 0.1) is 13.1 Å². The van der Waals surface area contributed by atoms with E-state index in [1.807, 2.05) is 24.0 Å². The second-order valence-corrected chi connectivity index (χ2v) is 8.44. The average Bonchev–Trinajstić information content (AvgIpc) is 3.48. The summed E-state index contributed by atoms with van der Waals surface area (Å²) in [5.74, 6) is 0.328. The van der Waals surface area contributed by atoms with Crippen molar-refractivity contribution in [3.63, 3.8) is 0 Å². The van der Waals surface area contributed by atoms with E-state index in [9.17, 15) is 14.4 Å². The van der Waals surface area contributed by atoms with Gasteiger partial charge in [0.25, 0.3) is 5.91 Å². The number of benzene rings is 1. The van der Waals surface area contributed by atoms with Crippen LogP contribution in [0.25, 0.3) is 0 Å². The Morgan fingerprint density at radius 1 is 1.09 bits per heavy atom. The molecule has 2 aliphatic rings. The maximum Gasteiger partial charge on any atom is 0.251 e. The first kappa shape index (κ1) is 23.6. The molecule has 2 fully saturated rings. The van der Waals surface area contributed by atoms with Crippen LogP contribution < -0.4 is 21.7 Å². The molecule has 1 unspecified atom stereocenters. The molecule has 0 spiro atoms. The van der Waals surface area contributed by atoms with E-state index in [0.717, 1.165) is 50.4 Å². The number of hydrogen-bond acceptors (Lipinski definition) is 4. The zero-order valence-electron chi connectivity index (χ0n) is 18.7. The lowest BCUT2D eigenvalue weighted by Crippen LogP contribution is -2.45. The minimum atomic E-state index is -0.582. The molecule has 0 bridgehead atoms. The van der Waals surface area contributed by atoms with Gasteiger partial charge in [-0.2, -0.15) is 0 Å². The fourth-order valence-electron chi connectivity index (χ4n) is 4.22. The molecular weight excluding hydrogens is 408 g/mol. The number of hydrogen-bond donors (Lipinski definition) is 4. The van der Waals surface area contributed by atoms with Crippen LogP contribution in [0.2, 0.25) is 0 Å². The summed E-state index contributed by atoms with van der Waals surface area (Å²) in [5.41, 5.74) is 6.46. The van der Waals surface area contributed by atoms with Crippen LogP contribution >= 0.6 is 0 Å². The minimum Gasteiger partial charge on any atom is -0.368 e. The summed E-state index contributed by atoms with van der Waals surface area (Å²) < 4.78 is 0. The fourth-order valence-corrected chi connectivity index (χ4v) is 4.22. The number of nitrogens with one attached hydrogen (secondary N) is 3. The van der Waals surface area contributed by atoms with Crippen LogP contribution in [0.15, 0.2) is 29.3 Å². The van der Waals surface area contributed by atoms with Crippen molar-refractivity contribution in [1.82, 2.24) is 20.9 Å². The maximum atomic E-state index is 12.7. The SMILES string of the molecule is CCNC(=NCc1ccc(C(=O)NCC(N)=O)cc1)NC1CCN(C(=O)C2CCCC2)C1. The lowest BCUT2D eigenvalue weighted by molar-refractivity contribution is -0.134. The molecule has 5 N–H and O–H groups in total. The Bertz CT molecular complexity index is 833. The van der Waals surface area contributed by atoms with Gasteiger partial charge < -0.3 is 26.6 Å². The second kappa shape index (κ2) is 11.5. The van der Waals surface area contributed by atoms with Gasteiger partial charge in [0, 0.05) is 37.2 Å². The summed E-state index contributed by atoms with van der Waals surface area (Å²) in [6, 6.07) is 7.26. The Morgan fingerprint density at radius 3 is 2.47 bits per heavy atom. The van der Waals surface area contributed by atoms with E-state index in [1.165, 1.54) is 12.8 Å². The van der Waals surface area contributed by atoms with E-state index in [2.05, 4.69) is 20.9 Å². The summed E-state index contributed by atoms with van der Waals surface area (Å²) in [6.07, 6.45) is 5.31. The van der Waals surface area contributed by atoms with Crippen molar-refractivity contribution in [1.29, 1.82) is 0 Å². The van der Waals surface area contributed by atoms with Crippen molar-refractivity contribution in [2.75, 3.05) is 26.2 Å². The van der Waals surface area contributed by atoms with Crippen molar-refractivity contribution in [2.45, 2.75) is 51.6 Å². The van der Waals surface area contributed by atoms with E-state index < -0.39 is 5.91 Å². The molecule has 1 aliphatic heterocycles. The molecule has 9 heteroatoms. The molecule has 9 nitrogen and oxygen atoms in total. The Kier molecular flexibility index (Phi) is 8.47. The van der Waals surface area contributed by atoms with Crippen molar-refractivity contribution in [3.05, 3.63) is 35.4 Å². The van der Waals surface area contributed by atoms with Crippen LogP contribution in [-0.2, 0) is 16.1 Å². The number of nitrogens with zero attached hydrogens (tertiary/aromatic N) is 2. The molecule has 1 aliphatic carbocycles. The molecule has 1 saturated heterocycles. The largest absolute Gasteiger partial charge is 0.368 e. The Hall–Kier alpha value is -3.10. The van der Waals surface area contributed by atoms with Crippen LogP contribution in [0.1, 0.15) is 54.9 Å². The first-order valence-corrected chi connectivity index (χ1v) is 11.4. The van der Waals surface area contributed by atoms with Crippen molar-refractivity contribution in [3.8, 4) is 0 Å². The molecule has 0 aromatic heterocycles. The van der Waals surface area contributed by atoms with Gasteiger partial charge in [0.15, 0.2) is 5.96 Å². The molecule has 0 radical (unpaired) electrons. The molecule has 3 rings (SSSR count). The first-order chi connectivity index (χ1) is 15.5. The van der Waals surface area contributed by atoms with Gasteiger partial charge in [-0.15, -0.1) is 0 Å². The maximum absolute atomic E-state index is 12.7. The molecule has 174 valence electrons. The average molecular weight is 443 g/mol. The highest BCUT2D eigenvalue weighted by Gasteiger charge is 2.32. The molecular formula is C23H34N6O3. The third-order valence-corrected chi connectivity index (χ3v) is 5.95. The van der Waals surface area contributed by atoms with Gasteiger partial charge in [0.2, 0.25) is 11.8 Å². The first-order valence-electron chi connectivity index (χ1n) is 11.4. The van der Waals surface area contributed by atoms with Gasteiger partial charge >= 0.3 is 0 Å². The molecule has 1 heterocycles. The number of aliphatic imine (C=N–C) groups is 1. The lowest BCUT2D eigenvalue weighted by atomic mass is 10.1. The zero-order chi connectivity index (χ0) is 22.9. The normalized spacial score (nSPS) is 19.1. The van der Waals surface area contributed by atoms with E-state index >= 15 is 0 Å². The summed E-state index contributed by atoms with van der Waals surface area (Å²) in [6.45, 7) is 4.54. The molecule has 1 aromatic rings. The number of guanidine groups is 1. The van der Waals surface area contributed by atoms with Crippen LogP contribution in [0.5, 0.6) is 0 Å². The number of carbonyl (C=O) groups is 3. The second-order valence-electron chi connectivity index (χ2n) is 8.44. The van der Waals surface area contributed by atoms with Crippen LogP contribution in [-0.4, -0.2) is 60.8 Å². The Labute approximate surface area is 189 Å². The topological polar surface area (TPSA) is 129 Å². The standard InChI is InChI=1S/C23H34N6O3/c1-2-25-23(28-19-11-12-29(15-19)22(32)18-5-3-4-6-18)27-13-16-7-9-17(10-8-16)21(31)26-14-20(24)30/h7-10,18-19H,2-6,11-15H2,1H3,(H2,24,30)(H,26,31)(H2,25,27,28). The number of nitrogens with two attached hydrogens (primary N) is 1. The van der Waals surface area contributed by atoms with Crippen LogP contribution in [0.4, 0.5) is 0 Å². The van der Waals surface area contributed by atoms with Gasteiger partial charge in [0.1, 0.15) is 0 Å². The highest BCUT2D eigenvalue weighted by molar-refractivity contribution is 5.96. The number of rotatable bonds is 8. The van der Waals surface area contributed by atoms with Crippen LogP contribution in [0, 0.1) is 5.92 Å². The monoisotopic (exact) mass is 442 g/mol. The number of carbonyl (C=O) groups excluding carboxylic acids is 3. The third kappa shape index (κ3) is 6.70. The highest BCUT2D eigenvalue weighted by Crippen LogP contribution is 2.27. The zero-order valence-corrected chi connectivity index (χ0v) is 18.7. The summed E-state index contributed by atoms with van der Waals surface area (Å²) in [5, 5.41) is 9.19. The number of amides is 3. The molecule has 1 aromatic carbocycles. The summed E-state index contributed by atoms with van der Waals surface area (Å²) in [7, 11) is 0. The lowest BCUT2D eigenvalue weighted by Gasteiger charge is -2.21. The molecule has 3 amide bonds. The molecule has 32 heavy (non-hydrogen) atoms. The van der Waals surface area contributed by atoms with Crippen molar-refractivity contribution >= 4 is 23.7 Å². The Morgan fingerprint density at radius 2 is 1.81 bits per heavy atom. The summed E-state index contributed by atoms with van der Waals surface area (Å²) >= 11 is 0. The predicted octanol–water partition coefficient (Wildman–Crippen LogP) is 0.748. The fraction of sp³-hybridized carbons (Fsp3) is 0.565. The molecule has 1 saturated carbocycles. The van der Waals surface area contributed by atoms with Crippen LogP contribution in [0.3, 0.4) is 0 Å². The highest BCUT2D eigenvalue weighted by atomic mass is 16.2. The number of primary amides is 1. The van der Waals surface area contributed by atoms with Gasteiger partial charge in [-0.1, -0.05) is 25.0 Å². The molecule has 1 atom stereocenters. The summed E-state index contributed by atoms with van der Waals surface area (Å²) in [4.78, 5) is 42.1.